The summed E-state index contributed by atoms with van der Waals surface area (Å²) in [6.07, 6.45) is 8.28. The fraction of sp³-hybridized carbons (Fsp3) is 0.933. The summed E-state index contributed by atoms with van der Waals surface area (Å²) in [6.45, 7) is 4.29. The molecule has 2 atom stereocenters. The molecular weight excluding hydrogens is 238 g/mol. The van der Waals surface area contributed by atoms with Crippen molar-refractivity contribution < 1.29 is 4.79 Å². The van der Waals surface area contributed by atoms with Crippen molar-refractivity contribution >= 4 is 5.91 Å². The van der Waals surface area contributed by atoms with Gasteiger partial charge in [0.1, 0.15) is 0 Å². The molecule has 4 heteroatoms. The van der Waals surface area contributed by atoms with Crippen molar-refractivity contribution in [3.63, 3.8) is 0 Å². The molecule has 0 bridgehead atoms. The SMILES string of the molecule is CCC1NC2(CCCC2)C(=O)N1CC1CCCN1C. The average Bonchev–Trinajstić information content (AvgIpc) is 3.08. The van der Waals surface area contributed by atoms with Gasteiger partial charge < -0.3 is 9.80 Å². The van der Waals surface area contributed by atoms with E-state index in [0.29, 0.717) is 11.9 Å². The van der Waals surface area contributed by atoms with E-state index in [1.54, 1.807) is 0 Å². The molecule has 3 aliphatic rings. The van der Waals surface area contributed by atoms with Crippen LogP contribution in [0, 0.1) is 0 Å². The number of likely N-dealkylation sites (N-methyl/N-ethyl adjacent to an activating group) is 1. The summed E-state index contributed by atoms with van der Waals surface area (Å²) in [5, 5.41) is 3.66. The summed E-state index contributed by atoms with van der Waals surface area (Å²) in [5.74, 6) is 0.386. The summed E-state index contributed by atoms with van der Waals surface area (Å²) in [5.41, 5.74) is -0.197. The molecule has 3 fully saturated rings. The molecule has 4 nitrogen and oxygen atoms in total. The van der Waals surface area contributed by atoms with Crippen LogP contribution < -0.4 is 5.32 Å². The molecular formula is C15H27N3O. The van der Waals surface area contributed by atoms with Crippen molar-refractivity contribution in [2.75, 3.05) is 20.1 Å². The summed E-state index contributed by atoms with van der Waals surface area (Å²) >= 11 is 0. The summed E-state index contributed by atoms with van der Waals surface area (Å²) in [7, 11) is 2.19. The molecule has 1 N–H and O–H groups in total. The normalized spacial score (nSPS) is 34.8. The van der Waals surface area contributed by atoms with Crippen molar-refractivity contribution in [1.29, 1.82) is 0 Å². The Balaban J connectivity index is 1.73. The van der Waals surface area contributed by atoms with Crippen LogP contribution in [0.15, 0.2) is 0 Å². The summed E-state index contributed by atoms with van der Waals surface area (Å²) in [4.78, 5) is 17.4. The molecule has 0 aromatic rings. The number of hydrogen-bond donors (Lipinski definition) is 1. The first-order valence-corrected chi connectivity index (χ1v) is 7.95. The van der Waals surface area contributed by atoms with Gasteiger partial charge in [-0.15, -0.1) is 0 Å². The molecule has 1 aliphatic carbocycles. The van der Waals surface area contributed by atoms with E-state index in [2.05, 4.69) is 29.1 Å². The van der Waals surface area contributed by atoms with Crippen LogP contribution in [0.4, 0.5) is 0 Å². The third kappa shape index (κ3) is 2.19. The van der Waals surface area contributed by atoms with Gasteiger partial charge in [0.15, 0.2) is 0 Å². The lowest BCUT2D eigenvalue weighted by atomic mass is 9.98. The lowest BCUT2D eigenvalue weighted by Crippen LogP contribution is -2.45. The number of amides is 1. The van der Waals surface area contributed by atoms with E-state index in [-0.39, 0.29) is 11.7 Å². The van der Waals surface area contributed by atoms with Gasteiger partial charge in [-0.3, -0.25) is 10.1 Å². The number of nitrogens with zero attached hydrogens (tertiary/aromatic N) is 2. The molecule has 0 aromatic carbocycles. The quantitative estimate of drug-likeness (QED) is 0.841. The highest BCUT2D eigenvalue weighted by Crippen LogP contribution is 2.37. The molecule has 2 saturated heterocycles. The first-order valence-electron chi connectivity index (χ1n) is 7.95. The van der Waals surface area contributed by atoms with Gasteiger partial charge in [0.25, 0.3) is 0 Å². The second kappa shape index (κ2) is 5.06. The topological polar surface area (TPSA) is 35.6 Å². The van der Waals surface area contributed by atoms with Gasteiger partial charge in [-0.1, -0.05) is 19.8 Å². The molecule has 19 heavy (non-hydrogen) atoms. The molecule has 0 aromatic heterocycles. The summed E-state index contributed by atoms with van der Waals surface area (Å²) in [6, 6.07) is 0.566. The minimum Gasteiger partial charge on any atom is -0.324 e. The Morgan fingerprint density at radius 3 is 2.63 bits per heavy atom. The number of rotatable bonds is 3. The van der Waals surface area contributed by atoms with E-state index in [1.165, 1.54) is 32.2 Å². The van der Waals surface area contributed by atoms with Crippen LogP contribution in [0.2, 0.25) is 0 Å². The highest BCUT2D eigenvalue weighted by atomic mass is 16.2. The third-order valence-corrected chi connectivity index (χ3v) is 5.41. The number of carbonyl (C=O) groups is 1. The second-order valence-corrected chi connectivity index (χ2v) is 6.59. The first kappa shape index (κ1) is 13.4. The smallest absolute Gasteiger partial charge is 0.244 e. The van der Waals surface area contributed by atoms with E-state index in [9.17, 15) is 4.79 Å². The number of nitrogens with one attached hydrogen (secondary N) is 1. The lowest BCUT2D eigenvalue weighted by molar-refractivity contribution is -0.133. The Morgan fingerprint density at radius 2 is 2.05 bits per heavy atom. The maximum atomic E-state index is 12.8. The van der Waals surface area contributed by atoms with E-state index >= 15 is 0 Å². The fourth-order valence-corrected chi connectivity index (χ4v) is 4.18. The fourth-order valence-electron chi connectivity index (χ4n) is 4.18. The van der Waals surface area contributed by atoms with Crippen molar-refractivity contribution in [1.82, 2.24) is 15.1 Å². The van der Waals surface area contributed by atoms with Crippen molar-refractivity contribution in [3.05, 3.63) is 0 Å². The van der Waals surface area contributed by atoms with Gasteiger partial charge in [0, 0.05) is 12.6 Å². The predicted octanol–water partition coefficient (Wildman–Crippen LogP) is 1.56. The minimum absolute atomic E-state index is 0.197. The van der Waals surface area contributed by atoms with Gasteiger partial charge in [-0.2, -0.15) is 0 Å². The zero-order valence-electron chi connectivity index (χ0n) is 12.3. The maximum Gasteiger partial charge on any atom is 0.244 e. The molecule has 2 heterocycles. The minimum atomic E-state index is -0.197. The molecule has 1 amide bonds. The Kier molecular flexibility index (Phi) is 3.56. The Bertz CT molecular complexity index is 351. The van der Waals surface area contributed by atoms with Crippen LogP contribution in [0.1, 0.15) is 51.9 Å². The first-order chi connectivity index (χ1) is 9.16. The third-order valence-electron chi connectivity index (χ3n) is 5.41. The highest BCUT2D eigenvalue weighted by Gasteiger charge is 2.52. The Morgan fingerprint density at radius 1 is 1.32 bits per heavy atom. The molecule has 1 saturated carbocycles. The second-order valence-electron chi connectivity index (χ2n) is 6.59. The van der Waals surface area contributed by atoms with Crippen LogP contribution in [-0.2, 0) is 4.79 Å². The molecule has 3 rings (SSSR count). The van der Waals surface area contributed by atoms with Crippen molar-refractivity contribution in [3.8, 4) is 0 Å². The van der Waals surface area contributed by atoms with Crippen LogP contribution in [0.25, 0.3) is 0 Å². The largest absolute Gasteiger partial charge is 0.324 e. The zero-order valence-corrected chi connectivity index (χ0v) is 12.3. The Hall–Kier alpha value is -0.610. The zero-order chi connectivity index (χ0) is 13.5. The maximum absolute atomic E-state index is 12.8. The Labute approximate surface area is 116 Å². The van der Waals surface area contributed by atoms with E-state index in [4.69, 9.17) is 0 Å². The van der Waals surface area contributed by atoms with Gasteiger partial charge >= 0.3 is 0 Å². The highest BCUT2D eigenvalue weighted by molar-refractivity contribution is 5.89. The van der Waals surface area contributed by atoms with Crippen molar-refractivity contribution in [2.24, 2.45) is 0 Å². The van der Waals surface area contributed by atoms with Gasteiger partial charge in [-0.05, 0) is 45.7 Å². The van der Waals surface area contributed by atoms with E-state index in [0.717, 1.165) is 25.8 Å². The molecule has 0 radical (unpaired) electrons. The molecule has 108 valence electrons. The van der Waals surface area contributed by atoms with E-state index in [1.807, 2.05) is 0 Å². The van der Waals surface area contributed by atoms with Gasteiger partial charge in [0.2, 0.25) is 5.91 Å². The van der Waals surface area contributed by atoms with Crippen LogP contribution in [-0.4, -0.2) is 53.6 Å². The summed E-state index contributed by atoms with van der Waals surface area (Å²) < 4.78 is 0. The monoisotopic (exact) mass is 265 g/mol. The van der Waals surface area contributed by atoms with Gasteiger partial charge in [-0.25, -0.2) is 0 Å². The predicted molar refractivity (Wildman–Crippen MR) is 75.8 cm³/mol. The number of likely N-dealkylation sites (tertiary alicyclic amines) is 1. The standard InChI is InChI=1S/C15H27N3O/c1-3-13-16-15(8-4-5-9-15)14(19)18(13)11-12-7-6-10-17(12)2/h12-13,16H,3-11H2,1-2H3. The lowest BCUT2D eigenvalue weighted by Gasteiger charge is -2.29. The van der Waals surface area contributed by atoms with Crippen molar-refractivity contribution in [2.45, 2.75) is 69.6 Å². The van der Waals surface area contributed by atoms with Crippen LogP contribution in [0.3, 0.4) is 0 Å². The number of carbonyl (C=O) groups excluding carboxylic acids is 1. The molecule has 1 spiro atoms. The van der Waals surface area contributed by atoms with Gasteiger partial charge in [0.05, 0.1) is 11.7 Å². The van der Waals surface area contributed by atoms with Crippen LogP contribution >= 0.6 is 0 Å². The average molecular weight is 265 g/mol. The molecule has 2 aliphatic heterocycles. The van der Waals surface area contributed by atoms with Crippen LogP contribution in [0.5, 0.6) is 0 Å². The molecule has 2 unspecified atom stereocenters. The number of hydrogen-bond acceptors (Lipinski definition) is 3. The van der Waals surface area contributed by atoms with E-state index < -0.39 is 0 Å².